The van der Waals surface area contributed by atoms with E-state index in [1.54, 1.807) is 47.6 Å². The molecule has 2 aromatic carbocycles. The van der Waals surface area contributed by atoms with Gasteiger partial charge in [0, 0.05) is 25.0 Å². The Kier molecular flexibility index (Phi) is 22.9. The first kappa shape index (κ1) is 76.9. The average Bonchev–Trinajstić information content (AvgIpc) is 1.34. The normalized spacial score (nSPS) is 25.8. The topological polar surface area (TPSA) is 277 Å². The maximum Gasteiger partial charge on any atom is 0.573 e. The second-order valence-corrected chi connectivity index (χ2v) is 27.2. The van der Waals surface area contributed by atoms with Crippen LogP contribution in [0, 0.1) is 10.8 Å². The van der Waals surface area contributed by atoms with Gasteiger partial charge < -0.3 is 67.8 Å². The number of alkyl halides is 10. The van der Waals surface area contributed by atoms with E-state index in [0.29, 0.717) is 38.2 Å². The molecule has 0 radical (unpaired) electrons. The Labute approximate surface area is 567 Å². The molecule has 0 unspecified atom stereocenters. The van der Waals surface area contributed by atoms with Crippen LogP contribution in [-0.2, 0) is 59.4 Å². The number of hydrogen-bond donors (Lipinski definition) is 2. The number of alkyl carbamates (subject to hydrolysis) is 2. The van der Waals surface area contributed by atoms with Gasteiger partial charge in [-0.3, -0.25) is 9.59 Å². The lowest BCUT2D eigenvalue weighted by Gasteiger charge is -2.35. The molecule has 2 bridgehead atoms. The second-order valence-electron chi connectivity index (χ2n) is 27.2. The van der Waals surface area contributed by atoms with Crippen molar-refractivity contribution in [2.24, 2.45) is 10.8 Å². The van der Waals surface area contributed by atoms with E-state index in [2.05, 4.69) is 53.2 Å². The second kappa shape index (κ2) is 29.8. The number of fused-ring (bicyclic) bond motifs is 6. The molecule has 100 heavy (non-hydrogen) atoms. The van der Waals surface area contributed by atoms with Gasteiger partial charge in [0.15, 0.2) is 11.4 Å². The summed E-state index contributed by atoms with van der Waals surface area (Å²) in [7, 11) is 2.23. The third-order valence-corrected chi connectivity index (χ3v) is 17.0. The van der Waals surface area contributed by atoms with Crippen molar-refractivity contribution in [1.29, 1.82) is 0 Å². The Morgan fingerprint density at radius 2 is 1.35 bits per heavy atom. The zero-order valence-corrected chi connectivity index (χ0v) is 56.3. The number of nitrogens with one attached hydrogen (secondary N) is 2. The third kappa shape index (κ3) is 18.8. The summed E-state index contributed by atoms with van der Waals surface area (Å²) >= 11 is 0. The molecule has 4 aromatic rings. The van der Waals surface area contributed by atoms with Crippen molar-refractivity contribution in [2.45, 2.75) is 191 Å². The van der Waals surface area contributed by atoms with Crippen LogP contribution >= 0.6 is 0 Å². The number of aromatic nitrogens is 4. The number of amides is 4. The van der Waals surface area contributed by atoms with Crippen LogP contribution in [0.15, 0.2) is 73.9 Å². The number of allylic oxidation sites excluding steroid dienone is 2. The first-order valence-electron chi connectivity index (χ1n) is 31.6. The van der Waals surface area contributed by atoms with Crippen LogP contribution < -0.4 is 29.6 Å². The van der Waals surface area contributed by atoms with Gasteiger partial charge in [-0.25, -0.2) is 39.1 Å². The van der Waals surface area contributed by atoms with Gasteiger partial charge in [0.25, 0.3) is 0 Å². The number of benzene rings is 2. The van der Waals surface area contributed by atoms with Gasteiger partial charge in [-0.15, -0.1) is 32.9 Å². The average molecular weight is 1430 g/mol. The molecule has 34 heteroatoms. The fraction of sp³-hybridized carbons (Fsp3) is 0.576. The molecule has 24 nitrogen and oxygen atoms in total. The van der Waals surface area contributed by atoms with Crippen molar-refractivity contribution in [2.75, 3.05) is 40.5 Å². The summed E-state index contributed by atoms with van der Waals surface area (Å²) < 4.78 is 192. The number of halogens is 10. The standard InChI is InChI=1S/C34H41F5N4O8.C32H37F5N4O8/c1-8-15-48-23-11-10-12-24(23)49-30(46)42-26(31(3,4)5)28(44)43-18-32(6,17-22(43)29(45)47-7)51-27-25(33(35,36)9-2)40-21-16-19(50-34(37,38)39)13-14-20(21)41-27;1-29(2,3)24-26(42)41-16-30(4,15-20(41)27(43)45-5)49-25-23(38-19-14-17(48-32(35,36)37)10-11-18(19)39-25)31(33,34)12-7-13-46-21-8-6-9-22(21)47-28(44)40-24/h8-9,13-14,16,22-24,26H,1-2,10-12,15,17-18H2,3-7H3,(H,42,46);7,10-12,14,20-22,24H,6,8-9,13,15-16H2,1-5H3,(H,40,44)/b;12-7+/t22-,23+,24+,26+,32+;20-,21+,22+,24+,30+/m00/s1. The summed E-state index contributed by atoms with van der Waals surface area (Å²) in [6, 6.07) is 0.689. The number of rotatable bonds is 14. The molecule has 2 aliphatic carbocycles. The SMILES string of the molecule is C=CCO[C@@H]1CCC[C@H]1OC(=O)N[C@H](C(=O)N1C[C@](C)(Oc2nc3ccc(OC(F)(F)F)cc3nc2C(F)(F)C=C)C[C@H]1C(=O)OC)C(C)(C)C.COC(=O)[C@@H]1C[C@]2(C)CN1C(=O)[C@H](C(C)(C)C)NC(=O)O[C@@H]1CCC[C@H]1OC/C=C/C(F)(F)c1nc3cc(OC(F)(F)F)ccc3nc1O2. The number of nitrogens with zero attached hydrogens (tertiary/aromatic N) is 6. The molecular formula is C66H78F10N8O16. The maximum atomic E-state index is 16.0. The van der Waals surface area contributed by atoms with E-state index in [1.807, 2.05) is 0 Å². The predicted molar refractivity (Wildman–Crippen MR) is 333 cm³/mol. The van der Waals surface area contributed by atoms with Gasteiger partial charge in [-0.1, -0.05) is 60.3 Å². The number of hydrogen-bond acceptors (Lipinski definition) is 20. The number of esters is 2. The van der Waals surface area contributed by atoms with Crippen molar-refractivity contribution in [3.05, 3.63) is 85.2 Å². The molecule has 5 aliphatic rings. The monoisotopic (exact) mass is 1430 g/mol. The van der Waals surface area contributed by atoms with Gasteiger partial charge in [-0.2, -0.15) is 17.6 Å². The molecule has 0 spiro atoms. The molecule has 2 saturated heterocycles. The summed E-state index contributed by atoms with van der Waals surface area (Å²) in [5.74, 6) is -13.6. The Balaban J connectivity index is 0.000000255. The molecule has 4 fully saturated rings. The van der Waals surface area contributed by atoms with Crippen LogP contribution in [-0.4, -0.2) is 179 Å². The minimum absolute atomic E-state index is 0.0969. The van der Waals surface area contributed by atoms with Crippen molar-refractivity contribution in [3.8, 4) is 23.3 Å². The van der Waals surface area contributed by atoms with Crippen molar-refractivity contribution in [3.63, 3.8) is 0 Å². The Morgan fingerprint density at radius 1 is 0.760 bits per heavy atom. The van der Waals surface area contributed by atoms with Crippen LogP contribution in [0.1, 0.15) is 118 Å². The van der Waals surface area contributed by atoms with Gasteiger partial charge in [0.05, 0.1) is 74.8 Å². The van der Waals surface area contributed by atoms with Gasteiger partial charge >= 0.3 is 48.7 Å². The number of carbonyl (C=O) groups excluding carboxylic acids is 6. The van der Waals surface area contributed by atoms with Crippen LogP contribution in [0.3, 0.4) is 0 Å². The van der Waals surface area contributed by atoms with Crippen LogP contribution in [0.5, 0.6) is 23.3 Å². The quantitative estimate of drug-likeness (QED) is 0.0513. The lowest BCUT2D eigenvalue weighted by Crippen LogP contribution is -2.57. The van der Waals surface area contributed by atoms with Crippen LogP contribution in [0.25, 0.3) is 22.1 Å². The summed E-state index contributed by atoms with van der Waals surface area (Å²) in [4.78, 5) is 99.1. The Morgan fingerprint density at radius 3 is 1.94 bits per heavy atom. The van der Waals surface area contributed by atoms with E-state index in [4.69, 9.17) is 37.9 Å². The number of carbonyl (C=O) groups is 6. The first-order valence-corrected chi connectivity index (χ1v) is 31.6. The molecule has 10 atom stereocenters. The molecule has 9 rings (SSSR count). The minimum atomic E-state index is -5.05. The minimum Gasteiger partial charge on any atom is -0.468 e. The smallest absolute Gasteiger partial charge is 0.468 e. The highest BCUT2D eigenvalue weighted by atomic mass is 19.4. The fourth-order valence-electron chi connectivity index (χ4n) is 12.3. The molecule has 2 aromatic heterocycles. The molecule has 2 saturated carbocycles. The fourth-order valence-corrected chi connectivity index (χ4v) is 12.3. The van der Waals surface area contributed by atoms with E-state index in [-0.39, 0.29) is 73.4 Å². The van der Waals surface area contributed by atoms with Gasteiger partial charge in [0.1, 0.15) is 59.1 Å². The van der Waals surface area contributed by atoms with Crippen molar-refractivity contribution < 1.29 is 120 Å². The van der Waals surface area contributed by atoms with Crippen LogP contribution in [0.2, 0.25) is 0 Å². The summed E-state index contributed by atoms with van der Waals surface area (Å²) in [5, 5.41) is 5.28. The highest BCUT2D eigenvalue weighted by Gasteiger charge is 2.55. The van der Waals surface area contributed by atoms with Gasteiger partial charge in [0.2, 0.25) is 23.6 Å². The zero-order chi connectivity index (χ0) is 73.9. The number of likely N-dealkylation sites (tertiary alicyclic amines) is 1. The van der Waals surface area contributed by atoms with E-state index >= 15 is 17.6 Å². The Bertz CT molecular complexity index is 3760. The largest absolute Gasteiger partial charge is 0.573 e. The number of ether oxygens (including phenoxy) is 10. The lowest BCUT2D eigenvalue weighted by atomic mass is 9.85. The summed E-state index contributed by atoms with van der Waals surface area (Å²) in [5.41, 5.74) is -7.93. The van der Waals surface area contributed by atoms with Gasteiger partial charge in [-0.05, 0) is 99.6 Å². The van der Waals surface area contributed by atoms with E-state index in [0.717, 1.165) is 72.9 Å². The van der Waals surface area contributed by atoms with Crippen LogP contribution in [0.4, 0.5) is 53.5 Å². The summed E-state index contributed by atoms with van der Waals surface area (Å²) in [6.07, 6.45) is -7.66. The van der Waals surface area contributed by atoms with E-state index < -0.39 is 160 Å². The van der Waals surface area contributed by atoms with E-state index in [9.17, 15) is 55.1 Å². The molecular weight excluding hydrogens is 1350 g/mol. The lowest BCUT2D eigenvalue weighted by molar-refractivity contribution is -0.275. The third-order valence-electron chi connectivity index (χ3n) is 17.0. The molecule has 548 valence electrons. The molecule has 4 amide bonds. The predicted octanol–water partition coefficient (Wildman–Crippen LogP) is 11.2. The molecule has 3 aliphatic heterocycles. The molecule has 2 N–H and O–H groups in total. The highest BCUT2D eigenvalue weighted by molar-refractivity contribution is 5.92. The van der Waals surface area contributed by atoms with E-state index in [1.165, 1.54) is 13.8 Å². The zero-order valence-electron chi connectivity index (χ0n) is 56.3. The van der Waals surface area contributed by atoms with Crippen molar-refractivity contribution in [1.82, 2.24) is 40.4 Å². The first-order chi connectivity index (χ1) is 46.5. The highest BCUT2D eigenvalue weighted by Crippen LogP contribution is 2.44. The summed E-state index contributed by atoms with van der Waals surface area (Å²) in [6.45, 7) is 19.2. The number of methoxy groups -OCH3 is 2. The van der Waals surface area contributed by atoms with Crippen molar-refractivity contribution >= 4 is 58.0 Å². The molecule has 5 heterocycles. The maximum absolute atomic E-state index is 16.0. The Hall–Kier alpha value is -8.82.